The third kappa shape index (κ3) is 4.36. The van der Waals surface area contributed by atoms with Crippen LogP contribution in [0, 0.1) is 0 Å². The van der Waals surface area contributed by atoms with Gasteiger partial charge in [0.25, 0.3) is 0 Å². The van der Waals surface area contributed by atoms with E-state index in [1.54, 1.807) is 28.1 Å². The lowest BCUT2D eigenvalue weighted by Crippen LogP contribution is -2.13. The van der Waals surface area contributed by atoms with Crippen molar-refractivity contribution in [1.29, 1.82) is 0 Å². The Morgan fingerprint density at radius 3 is 1.26 bits per heavy atom. The molecule has 0 N–H and O–H groups in total. The number of hydrogen-bond donors (Lipinski definition) is 0. The number of hydrogen-bond acceptors (Lipinski definition) is 6. The molecule has 0 aliphatic rings. The van der Waals surface area contributed by atoms with Gasteiger partial charge in [0.1, 0.15) is 11.5 Å². The molecule has 0 saturated carbocycles. The van der Waals surface area contributed by atoms with Crippen molar-refractivity contribution in [2.75, 3.05) is 27.4 Å². The predicted molar refractivity (Wildman–Crippen MR) is 180 cm³/mol. The highest BCUT2D eigenvalue weighted by Crippen LogP contribution is 2.46. The molecule has 0 atom stereocenters. The third-order valence-electron chi connectivity index (χ3n) is 8.34. The average molecular weight is 613 g/mol. The fourth-order valence-corrected chi connectivity index (χ4v) is 6.50. The molecule has 2 aromatic heterocycles. The number of carbonyl (C=O) groups excluding carboxylic acids is 2. The van der Waals surface area contributed by atoms with E-state index in [4.69, 9.17) is 18.9 Å². The van der Waals surface area contributed by atoms with E-state index in [1.807, 2.05) is 106 Å². The number of methoxy groups -OCH3 is 2. The Balaban J connectivity index is 1.80. The van der Waals surface area contributed by atoms with Gasteiger partial charge in [-0.1, -0.05) is 36.4 Å². The molecule has 0 spiro atoms. The Bertz CT molecular complexity index is 2110. The van der Waals surface area contributed by atoms with Crippen LogP contribution in [0.2, 0.25) is 0 Å². The van der Waals surface area contributed by atoms with Crippen molar-refractivity contribution in [3.63, 3.8) is 0 Å². The molecule has 0 radical (unpaired) electrons. The van der Waals surface area contributed by atoms with Gasteiger partial charge >= 0.3 is 11.9 Å². The first-order valence-corrected chi connectivity index (χ1v) is 15.2. The first kappa shape index (κ1) is 29.0. The minimum absolute atomic E-state index is 0.182. The molecule has 0 amide bonds. The lowest BCUT2D eigenvalue weighted by atomic mass is 9.96. The second-order valence-corrected chi connectivity index (χ2v) is 10.7. The topological polar surface area (TPSA) is 80.9 Å². The summed E-state index contributed by atoms with van der Waals surface area (Å²) in [5, 5.41) is 2.82. The average Bonchev–Trinajstić information content (AvgIpc) is 3.61. The molecule has 46 heavy (non-hydrogen) atoms. The number of nitrogens with zero attached hydrogens (tertiary/aromatic N) is 2. The van der Waals surface area contributed by atoms with E-state index in [0.717, 1.165) is 33.2 Å². The van der Waals surface area contributed by atoms with Crippen LogP contribution in [0.1, 0.15) is 34.6 Å². The predicted octanol–water partition coefficient (Wildman–Crippen LogP) is 8.25. The highest BCUT2D eigenvalue weighted by Gasteiger charge is 2.33. The molecule has 230 valence electrons. The van der Waals surface area contributed by atoms with E-state index in [-0.39, 0.29) is 13.2 Å². The molecule has 8 nitrogen and oxygen atoms in total. The number of fused-ring (bicyclic) bond motifs is 6. The van der Waals surface area contributed by atoms with Gasteiger partial charge in [0.2, 0.25) is 0 Å². The second kappa shape index (κ2) is 11.6. The first-order valence-electron chi connectivity index (χ1n) is 15.2. The number of rotatable bonds is 8. The van der Waals surface area contributed by atoms with Crippen molar-refractivity contribution in [1.82, 2.24) is 9.13 Å². The standard InChI is InChI=1S/C38H32N2O6/c1-5-45-37(41)33-31-27-11-7-9-13-29(27)40(24-17-21-26(44-4)22-18-24)36(31)34(38(42)46-6-2)32-28-12-8-10-14-30(28)39(35(32)33)23-15-19-25(43-3)20-16-23/h7-22H,5-6H2,1-4H3. The number of esters is 2. The lowest BCUT2D eigenvalue weighted by molar-refractivity contribution is 0.0517. The second-order valence-electron chi connectivity index (χ2n) is 10.7. The van der Waals surface area contributed by atoms with Gasteiger partial charge in [-0.15, -0.1) is 0 Å². The zero-order valence-corrected chi connectivity index (χ0v) is 26.0. The molecule has 0 unspecified atom stereocenters. The molecule has 8 heteroatoms. The highest BCUT2D eigenvalue weighted by atomic mass is 16.5. The van der Waals surface area contributed by atoms with E-state index >= 15 is 0 Å². The summed E-state index contributed by atoms with van der Waals surface area (Å²) in [7, 11) is 3.24. The van der Waals surface area contributed by atoms with Gasteiger partial charge in [-0.3, -0.25) is 0 Å². The van der Waals surface area contributed by atoms with E-state index in [9.17, 15) is 9.59 Å². The summed E-state index contributed by atoms with van der Waals surface area (Å²) < 4.78 is 26.5. The smallest absolute Gasteiger partial charge is 0.341 e. The molecule has 0 fully saturated rings. The van der Waals surface area contributed by atoms with Crippen molar-refractivity contribution in [3.8, 4) is 22.9 Å². The van der Waals surface area contributed by atoms with E-state index in [2.05, 4.69) is 0 Å². The number of para-hydroxylation sites is 2. The zero-order valence-electron chi connectivity index (χ0n) is 26.0. The van der Waals surface area contributed by atoms with Crippen LogP contribution in [0.5, 0.6) is 11.5 Å². The van der Waals surface area contributed by atoms with Crippen molar-refractivity contribution in [2.45, 2.75) is 13.8 Å². The van der Waals surface area contributed by atoms with Gasteiger partial charge in [-0.05, 0) is 74.5 Å². The maximum atomic E-state index is 14.3. The molecule has 5 aromatic carbocycles. The summed E-state index contributed by atoms with van der Waals surface area (Å²) in [4.78, 5) is 28.6. The Morgan fingerprint density at radius 2 is 0.913 bits per heavy atom. The van der Waals surface area contributed by atoms with Crippen molar-refractivity contribution in [2.24, 2.45) is 0 Å². The fraction of sp³-hybridized carbons (Fsp3) is 0.158. The van der Waals surface area contributed by atoms with Crippen LogP contribution < -0.4 is 9.47 Å². The summed E-state index contributed by atoms with van der Waals surface area (Å²) in [5.74, 6) is 0.436. The van der Waals surface area contributed by atoms with E-state index in [1.165, 1.54) is 0 Å². The summed E-state index contributed by atoms with van der Waals surface area (Å²) in [6, 6.07) is 30.9. The minimum atomic E-state index is -0.483. The molecular weight excluding hydrogens is 580 g/mol. The van der Waals surface area contributed by atoms with Crippen LogP contribution in [0.15, 0.2) is 97.1 Å². The minimum Gasteiger partial charge on any atom is -0.497 e. The molecule has 7 rings (SSSR count). The first-order chi connectivity index (χ1) is 22.5. The number of carbonyl (C=O) groups is 2. The maximum absolute atomic E-state index is 14.3. The monoisotopic (exact) mass is 612 g/mol. The summed E-state index contributed by atoms with van der Waals surface area (Å²) >= 11 is 0. The van der Waals surface area contributed by atoms with Crippen molar-refractivity contribution >= 4 is 55.6 Å². The van der Waals surface area contributed by atoms with Gasteiger partial charge in [0, 0.05) is 32.9 Å². The summed E-state index contributed by atoms with van der Waals surface area (Å²) in [5.41, 5.74) is 5.12. The molecule has 0 aliphatic carbocycles. The number of aromatic nitrogens is 2. The van der Waals surface area contributed by atoms with Gasteiger partial charge in [0.15, 0.2) is 0 Å². The van der Waals surface area contributed by atoms with Gasteiger partial charge < -0.3 is 28.1 Å². The van der Waals surface area contributed by atoms with Crippen molar-refractivity contribution < 1.29 is 28.5 Å². The van der Waals surface area contributed by atoms with Crippen LogP contribution in [-0.4, -0.2) is 48.5 Å². The zero-order chi connectivity index (χ0) is 31.9. The molecule has 7 aromatic rings. The normalized spacial score (nSPS) is 11.4. The Hall–Kier alpha value is -5.76. The summed E-state index contributed by atoms with van der Waals surface area (Å²) in [6.45, 7) is 3.94. The van der Waals surface area contributed by atoms with Gasteiger partial charge in [0.05, 0.1) is 60.6 Å². The number of ether oxygens (including phenoxy) is 4. The van der Waals surface area contributed by atoms with Gasteiger partial charge in [-0.25, -0.2) is 9.59 Å². The SMILES string of the molecule is CCOC(=O)c1c2c3ccccc3n(-c3ccc(OC)cc3)c2c(C(=O)OCC)c2c3ccccc3n(-c3ccc(OC)cc3)c12. The van der Waals surface area contributed by atoms with E-state index in [0.29, 0.717) is 44.4 Å². The van der Waals surface area contributed by atoms with Gasteiger partial charge in [-0.2, -0.15) is 0 Å². The van der Waals surface area contributed by atoms with Crippen LogP contribution in [0.4, 0.5) is 0 Å². The van der Waals surface area contributed by atoms with Crippen LogP contribution >= 0.6 is 0 Å². The molecule has 0 aliphatic heterocycles. The Morgan fingerprint density at radius 1 is 0.543 bits per heavy atom. The highest BCUT2D eigenvalue weighted by molar-refractivity contribution is 6.34. The lowest BCUT2D eigenvalue weighted by Gasteiger charge is -2.16. The number of benzene rings is 5. The molecule has 0 saturated heterocycles. The molecule has 2 heterocycles. The third-order valence-corrected chi connectivity index (χ3v) is 8.34. The largest absolute Gasteiger partial charge is 0.497 e. The fourth-order valence-electron chi connectivity index (χ4n) is 6.50. The van der Waals surface area contributed by atoms with Crippen molar-refractivity contribution in [3.05, 3.63) is 108 Å². The van der Waals surface area contributed by atoms with Crippen LogP contribution in [0.3, 0.4) is 0 Å². The Labute approximate surface area is 265 Å². The Kier molecular flexibility index (Phi) is 7.33. The van der Waals surface area contributed by atoms with Crippen LogP contribution in [-0.2, 0) is 9.47 Å². The quantitative estimate of drug-likeness (QED) is 0.161. The molecular formula is C38H32N2O6. The summed E-state index contributed by atoms with van der Waals surface area (Å²) in [6.07, 6.45) is 0. The molecule has 0 bridgehead atoms. The van der Waals surface area contributed by atoms with Crippen LogP contribution in [0.25, 0.3) is 55.0 Å². The van der Waals surface area contributed by atoms with E-state index < -0.39 is 11.9 Å². The maximum Gasteiger partial charge on any atom is 0.341 e.